The van der Waals surface area contributed by atoms with Crippen molar-refractivity contribution in [1.29, 1.82) is 0 Å². The van der Waals surface area contributed by atoms with Gasteiger partial charge in [0.15, 0.2) is 0 Å². The second-order valence-corrected chi connectivity index (χ2v) is 7.09. The van der Waals surface area contributed by atoms with E-state index in [1.807, 2.05) is 41.8 Å². The highest BCUT2D eigenvalue weighted by atomic mass is 32.2. The number of nitrogens with one attached hydrogen (secondary N) is 1. The summed E-state index contributed by atoms with van der Waals surface area (Å²) in [6.45, 7) is 4.95. The van der Waals surface area contributed by atoms with Gasteiger partial charge in [0, 0.05) is 37.2 Å². The molecule has 3 rings (SSSR count). The third-order valence-electron chi connectivity index (χ3n) is 4.24. The number of rotatable bonds is 7. The van der Waals surface area contributed by atoms with Crippen LogP contribution in [0.1, 0.15) is 11.1 Å². The van der Waals surface area contributed by atoms with E-state index in [0.29, 0.717) is 6.54 Å². The SMILES string of the molecule is O=C(/C=C/Sc1ccccc1)NCc1ccccc1CN1CCOCC1. The highest BCUT2D eigenvalue weighted by molar-refractivity contribution is 8.02. The Kier molecular flexibility index (Phi) is 7.31. The first-order chi connectivity index (χ1) is 12.8. The van der Waals surface area contributed by atoms with Crippen LogP contribution >= 0.6 is 11.8 Å². The number of amides is 1. The Morgan fingerprint density at radius 3 is 2.50 bits per heavy atom. The van der Waals surface area contributed by atoms with Crippen LogP contribution < -0.4 is 5.32 Å². The maximum atomic E-state index is 12.1. The van der Waals surface area contributed by atoms with E-state index in [4.69, 9.17) is 4.74 Å². The van der Waals surface area contributed by atoms with Crippen LogP contribution in [0, 0.1) is 0 Å². The second-order valence-electron chi connectivity index (χ2n) is 6.11. The van der Waals surface area contributed by atoms with Gasteiger partial charge in [-0.05, 0) is 28.7 Å². The molecule has 1 N–H and O–H groups in total. The van der Waals surface area contributed by atoms with E-state index in [9.17, 15) is 4.79 Å². The van der Waals surface area contributed by atoms with Crippen molar-refractivity contribution in [1.82, 2.24) is 10.2 Å². The molecule has 0 aliphatic carbocycles. The maximum Gasteiger partial charge on any atom is 0.244 e. The van der Waals surface area contributed by atoms with Gasteiger partial charge in [-0.2, -0.15) is 0 Å². The first-order valence-corrected chi connectivity index (χ1v) is 9.72. The fourth-order valence-electron chi connectivity index (χ4n) is 2.80. The number of nitrogens with zero attached hydrogens (tertiary/aromatic N) is 1. The average Bonchev–Trinajstić information content (AvgIpc) is 2.69. The molecule has 1 saturated heterocycles. The van der Waals surface area contributed by atoms with Gasteiger partial charge in [-0.15, -0.1) is 0 Å². The number of carbonyl (C=O) groups is 1. The minimum atomic E-state index is -0.0744. The van der Waals surface area contributed by atoms with Gasteiger partial charge in [0.2, 0.25) is 5.91 Å². The van der Waals surface area contributed by atoms with Crippen LogP contribution in [-0.4, -0.2) is 37.1 Å². The van der Waals surface area contributed by atoms with E-state index in [1.54, 1.807) is 6.08 Å². The van der Waals surface area contributed by atoms with E-state index in [-0.39, 0.29) is 5.91 Å². The standard InChI is InChI=1S/C21H24N2O2S/c24-21(10-15-26-20-8-2-1-3-9-20)22-16-18-6-4-5-7-19(18)17-23-11-13-25-14-12-23/h1-10,15H,11-14,16-17H2,(H,22,24)/b15-10+. The third kappa shape index (κ3) is 6.02. The summed E-state index contributed by atoms with van der Waals surface area (Å²) in [6.07, 6.45) is 1.59. The maximum absolute atomic E-state index is 12.1. The van der Waals surface area contributed by atoms with Crippen molar-refractivity contribution < 1.29 is 9.53 Å². The molecule has 1 amide bonds. The Bertz CT molecular complexity index is 728. The van der Waals surface area contributed by atoms with Crippen molar-refractivity contribution in [3.05, 3.63) is 77.2 Å². The second kappa shape index (κ2) is 10.2. The molecule has 0 saturated carbocycles. The molecule has 4 nitrogen and oxygen atoms in total. The van der Waals surface area contributed by atoms with Crippen LogP contribution in [0.15, 0.2) is 71.0 Å². The molecule has 1 aliphatic heterocycles. The van der Waals surface area contributed by atoms with Gasteiger partial charge in [0.05, 0.1) is 13.2 Å². The summed E-state index contributed by atoms with van der Waals surface area (Å²) < 4.78 is 5.41. The molecule has 5 heteroatoms. The predicted molar refractivity (Wildman–Crippen MR) is 106 cm³/mol. The minimum Gasteiger partial charge on any atom is -0.379 e. The lowest BCUT2D eigenvalue weighted by atomic mass is 10.1. The number of benzene rings is 2. The summed E-state index contributed by atoms with van der Waals surface area (Å²) >= 11 is 1.54. The Morgan fingerprint density at radius 1 is 1.04 bits per heavy atom. The number of ether oxygens (including phenoxy) is 1. The van der Waals surface area contributed by atoms with Gasteiger partial charge in [-0.3, -0.25) is 9.69 Å². The first kappa shape index (κ1) is 18.7. The van der Waals surface area contributed by atoms with Crippen molar-refractivity contribution in [3.63, 3.8) is 0 Å². The molecule has 0 bridgehead atoms. The summed E-state index contributed by atoms with van der Waals surface area (Å²) in [5.74, 6) is -0.0744. The zero-order chi connectivity index (χ0) is 18.0. The summed E-state index contributed by atoms with van der Waals surface area (Å²) in [7, 11) is 0. The Morgan fingerprint density at radius 2 is 1.73 bits per heavy atom. The molecule has 26 heavy (non-hydrogen) atoms. The smallest absolute Gasteiger partial charge is 0.244 e. The molecule has 0 atom stereocenters. The lowest BCUT2D eigenvalue weighted by Crippen LogP contribution is -2.36. The number of hydrogen-bond acceptors (Lipinski definition) is 4. The molecule has 2 aromatic carbocycles. The van der Waals surface area contributed by atoms with Crippen LogP contribution in [0.2, 0.25) is 0 Å². The summed E-state index contributed by atoms with van der Waals surface area (Å²) in [6, 6.07) is 18.3. The summed E-state index contributed by atoms with van der Waals surface area (Å²) in [5, 5.41) is 4.80. The quantitative estimate of drug-likeness (QED) is 0.600. The lowest BCUT2D eigenvalue weighted by Gasteiger charge is -2.27. The molecule has 136 valence electrons. The van der Waals surface area contributed by atoms with Crippen molar-refractivity contribution in [2.24, 2.45) is 0 Å². The topological polar surface area (TPSA) is 41.6 Å². The third-order valence-corrected chi connectivity index (χ3v) is 5.05. The Balaban J connectivity index is 1.50. The van der Waals surface area contributed by atoms with Gasteiger partial charge < -0.3 is 10.1 Å². The summed E-state index contributed by atoms with van der Waals surface area (Å²) in [4.78, 5) is 15.6. The molecule has 0 unspecified atom stereocenters. The van der Waals surface area contributed by atoms with Gasteiger partial charge in [-0.25, -0.2) is 0 Å². The van der Waals surface area contributed by atoms with E-state index in [1.165, 1.54) is 17.3 Å². The molecule has 0 aromatic heterocycles. The molecular weight excluding hydrogens is 344 g/mol. The molecule has 2 aromatic rings. The first-order valence-electron chi connectivity index (χ1n) is 8.84. The Labute approximate surface area is 159 Å². The van der Waals surface area contributed by atoms with E-state index in [0.717, 1.165) is 43.3 Å². The molecule has 1 aliphatic rings. The fourth-order valence-corrected chi connectivity index (χ4v) is 3.46. The average molecular weight is 369 g/mol. The number of thioether (sulfide) groups is 1. The molecular formula is C21H24N2O2S. The van der Waals surface area contributed by atoms with Crippen molar-refractivity contribution in [2.45, 2.75) is 18.0 Å². The normalized spacial score (nSPS) is 15.2. The molecule has 1 heterocycles. The number of carbonyl (C=O) groups excluding carboxylic acids is 1. The number of hydrogen-bond donors (Lipinski definition) is 1. The van der Waals surface area contributed by atoms with Crippen molar-refractivity contribution >= 4 is 17.7 Å². The lowest BCUT2D eigenvalue weighted by molar-refractivity contribution is -0.116. The largest absolute Gasteiger partial charge is 0.379 e. The fraction of sp³-hybridized carbons (Fsp3) is 0.286. The molecule has 0 radical (unpaired) electrons. The highest BCUT2D eigenvalue weighted by Gasteiger charge is 2.12. The van der Waals surface area contributed by atoms with Crippen molar-refractivity contribution in [2.75, 3.05) is 26.3 Å². The predicted octanol–water partition coefficient (Wildman–Crippen LogP) is 3.44. The monoisotopic (exact) mass is 368 g/mol. The van der Waals surface area contributed by atoms with E-state index >= 15 is 0 Å². The summed E-state index contributed by atoms with van der Waals surface area (Å²) in [5.41, 5.74) is 2.42. The van der Waals surface area contributed by atoms with Crippen LogP contribution in [0.3, 0.4) is 0 Å². The van der Waals surface area contributed by atoms with Gasteiger partial charge in [0.25, 0.3) is 0 Å². The van der Waals surface area contributed by atoms with Crippen LogP contribution in [0.25, 0.3) is 0 Å². The Hall–Kier alpha value is -2.08. The van der Waals surface area contributed by atoms with Gasteiger partial charge >= 0.3 is 0 Å². The van der Waals surface area contributed by atoms with Crippen LogP contribution in [0.4, 0.5) is 0 Å². The van der Waals surface area contributed by atoms with Crippen LogP contribution in [-0.2, 0) is 22.6 Å². The molecule has 1 fully saturated rings. The highest BCUT2D eigenvalue weighted by Crippen LogP contribution is 2.18. The van der Waals surface area contributed by atoms with Crippen LogP contribution in [0.5, 0.6) is 0 Å². The van der Waals surface area contributed by atoms with Crippen molar-refractivity contribution in [3.8, 4) is 0 Å². The van der Waals surface area contributed by atoms with Gasteiger partial charge in [-0.1, -0.05) is 54.2 Å². The van der Waals surface area contributed by atoms with E-state index < -0.39 is 0 Å². The van der Waals surface area contributed by atoms with E-state index in [2.05, 4.69) is 28.4 Å². The zero-order valence-corrected chi connectivity index (χ0v) is 15.6. The van der Waals surface area contributed by atoms with Gasteiger partial charge in [0.1, 0.15) is 0 Å². The zero-order valence-electron chi connectivity index (χ0n) is 14.8. The minimum absolute atomic E-state index is 0.0744. The number of morpholine rings is 1. The molecule has 0 spiro atoms.